The van der Waals surface area contributed by atoms with E-state index in [-0.39, 0.29) is 4.90 Å². The second kappa shape index (κ2) is 10.5. The van der Waals surface area contributed by atoms with Crippen LogP contribution in [0.5, 0.6) is 5.75 Å². The summed E-state index contributed by atoms with van der Waals surface area (Å²) in [7, 11) is -1.98. The van der Waals surface area contributed by atoms with E-state index in [1.807, 2.05) is 0 Å². The maximum Gasteiger partial charge on any atom is 0.243 e. The number of rotatable bonds is 7. The van der Waals surface area contributed by atoms with Crippen molar-refractivity contribution in [1.29, 1.82) is 0 Å². The van der Waals surface area contributed by atoms with Crippen LogP contribution in [0, 0.1) is 0 Å². The molecule has 1 aromatic rings. The number of anilines is 1. The van der Waals surface area contributed by atoms with Gasteiger partial charge in [0.2, 0.25) is 10.0 Å². The summed E-state index contributed by atoms with van der Waals surface area (Å²) >= 11 is 5.37. The van der Waals surface area contributed by atoms with Crippen molar-refractivity contribution in [3.8, 4) is 5.75 Å². The smallest absolute Gasteiger partial charge is 0.243 e. The molecule has 0 bridgehead atoms. The normalized spacial score (nSPS) is 18.9. The molecule has 0 aromatic heterocycles. The molecular weight excluding hydrogens is 412 g/mol. The van der Waals surface area contributed by atoms with Crippen molar-refractivity contribution < 1.29 is 17.9 Å². The summed E-state index contributed by atoms with van der Waals surface area (Å²) in [6.45, 7) is 6.15. The minimum Gasteiger partial charge on any atom is -0.495 e. The zero-order valence-corrected chi connectivity index (χ0v) is 18.5. The average molecular weight is 443 g/mol. The number of nitrogens with zero attached hydrogens (tertiary/aromatic N) is 2. The Kier molecular flexibility index (Phi) is 8.07. The Morgan fingerprint density at radius 2 is 1.90 bits per heavy atom. The third kappa shape index (κ3) is 6.02. The molecule has 8 nitrogen and oxygen atoms in total. The van der Waals surface area contributed by atoms with Gasteiger partial charge in [-0.3, -0.25) is 4.90 Å². The summed E-state index contributed by atoms with van der Waals surface area (Å²) < 4.78 is 38.1. The molecule has 0 aliphatic carbocycles. The monoisotopic (exact) mass is 442 g/mol. The third-order valence-corrected chi connectivity index (χ3v) is 7.33. The van der Waals surface area contributed by atoms with Crippen molar-refractivity contribution in [1.82, 2.24) is 14.5 Å². The van der Waals surface area contributed by atoms with Crippen LogP contribution in [0.4, 0.5) is 5.69 Å². The molecule has 0 unspecified atom stereocenters. The van der Waals surface area contributed by atoms with Crippen molar-refractivity contribution in [2.45, 2.75) is 24.2 Å². The predicted molar refractivity (Wildman–Crippen MR) is 117 cm³/mol. The zero-order chi connectivity index (χ0) is 20.7. The van der Waals surface area contributed by atoms with Gasteiger partial charge in [0.1, 0.15) is 5.75 Å². The average Bonchev–Trinajstić information content (AvgIpc) is 2.75. The second-order valence-electron chi connectivity index (χ2n) is 7.16. The van der Waals surface area contributed by atoms with Crippen molar-refractivity contribution >= 4 is 33.0 Å². The number of ether oxygens (including phenoxy) is 2. The van der Waals surface area contributed by atoms with Crippen molar-refractivity contribution in [2.75, 3.05) is 64.9 Å². The number of nitrogens with one attached hydrogen (secondary N) is 2. The maximum absolute atomic E-state index is 12.9. The molecule has 10 heteroatoms. The van der Waals surface area contributed by atoms with E-state index < -0.39 is 10.0 Å². The molecule has 2 aliphatic rings. The van der Waals surface area contributed by atoms with Gasteiger partial charge in [-0.1, -0.05) is 6.42 Å². The van der Waals surface area contributed by atoms with E-state index in [2.05, 4.69) is 15.5 Å². The molecule has 0 radical (unpaired) electrons. The Balaban J connectivity index is 1.58. The van der Waals surface area contributed by atoms with Gasteiger partial charge in [-0.05, 0) is 37.2 Å². The largest absolute Gasteiger partial charge is 0.495 e. The summed E-state index contributed by atoms with van der Waals surface area (Å²) in [6.07, 6.45) is 2.88. The standard InChI is InChI=1S/C19H30N4O4S2/c1-26-18-15-16(29(24,25)23-8-3-2-4-9-23)5-6-17(18)21-19(28)20-7-10-22-11-13-27-14-12-22/h5-6,15H,2-4,7-14H2,1H3,(H2,20,21,28). The van der Waals surface area contributed by atoms with Crippen molar-refractivity contribution in [2.24, 2.45) is 0 Å². The third-order valence-electron chi connectivity index (χ3n) is 5.19. The highest BCUT2D eigenvalue weighted by atomic mass is 32.2. The van der Waals surface area contributed by atoms with Crippen LogP contribution in [0.2, 0.25) is 0 Å². The van der Waals surface area contributed by atoms with Crippen LogP contribution >= 0.6 is 12.2 Å². The SMILES string of the molecule is COc1cc(S(=O)(=O)N2CCCCC2)ccc1NC(=S)NCCN1CCOCC1. The molecule has 2 aliphatic heterocycles. The molecule has 2 saturated heterocycles. The highest BCUT2D eigenvalue weighted by Gasteiger charge is 2.26. The first kappa shape index (κ1) is 22.2. The first-order valence-corrected chi connectivity index (χ1v) is 11.9. The fourth-order valence-corrected chi connectivity index (χ4v) is 5.25. The number of benzene rings is 1. The van der Waals surface area contributed by atoms with E-state index >= 15 is 0 Å². The number of methoxy groups -OCH3 is 1. The Labute approximate surface area is 178 Å². The quantitative estimate of drug-likeness (QED) is 0.615. The lowest BCUT2D eigenvalue weighted by Crippen LogP contribution is -2.42. The highest BCUT2D eigenvalue weighted by Crippen LogP contribution is 2.30. The molecule has 0 amide bonds. The number of hydrogen-bond donors (Lipinski definition) is 2. The number of thiocarbonyl (C=S) groups is 1. The van der Waals surface area contributed by atoms with E-state index in [1.54, 1.807) is 22.5 Å². The molecule has 29 heavy (non-hydrogen) atoms. The fraction of sp³-hybridized carbons (Fsp3) is 0.632. The van der Waals surface area contributed by atoms with Gasteiger partial charge >= 0.3 is 0 Å². The molecule has 3 rings (SSSR count). The van der Waals surface area contributed by atoms with Crippen LogP contribution in [-0.4, -0.2) is 82.3 Å². The number of sulfonamides is 1. The van der Waals surface area contributed by atoms with Crippen LogP contribution in [0.25, 0.3) is 0 Å². The molecule has 2 N–H and O–H groups in total. The fourth-order valence-electron chi connectivity index (χ4n) is 3.51. The van der Waals surface area contributed by atoms with E-state index in [4.69, 9.17) is 21.7 Å². The number of piperidine rings is 1. The zero-order valence-electron chi connectivity index (χ0n) is 16.9. The lowest BCUT2D eigenvalue weighted by atomic mass is 10.2. The number of hydrogen-bond acceptors (Lipinski definition) is 6. The lowest BCUT2D eigenvalue weighted by Gasteiger charge is -2.27. The molecule has 162 valence electrons. The van der Waals surface area contributed by atoms with E-state index in [0.717, 1.165) is 58.7 Å². The summed E-state index contributed by atoms with van der Waals surface area (Å²) in [5.41, 5.74) is 0.633. The van der Waals surface area contributed by atoms with E-state index in [0.29, 0.717) is 29.6 Å². The van der Waals surface area contributed by atoms with Gasteiger partial charge < -0.3 is 20.1 Å². The summed E-state index contributed by atoms with van der Waals surface area (Å²) in [5.74, 6) is 0.445. The van der Waals surface area contributed by atoms with Gasteiger partial charge in [-0.15, -0.1) is 0 Å². The Morgan fingerprint density at radius 1 is 1.17 bits per heavy atom. The van der Waals surface area contributed by atoms with Crippen LogP contribution in [0.15, 0.2) is 23.1 Å². The summed E-state index contributed by atoms with van der Waals surface area (Å²) in [6, 6.07) is 4.86. The topological polar surface area (TPSA) is 83.1 Å². The molecule has 1 aromatic carbocycles. The van der Waals surface area contributed by atoms with Gasteiger partial charge in [0.15, 0.2) is 5.11 Å². The minimum absolute atomic E-state index is 0.244. The van der Waals surface area contributed by atoms with Crippen LogP contribution in [-0.2, 0) is 14.8 Å². The molecule has 0 atom stereocenters. The Bertz CT molecular complexity index is 791. The van der Waals surface area contributed by atoms with Gasteiger partial charge in [-0.25, -0.2) is 8.42 Å². The Hall–Kier alpha value is -1.46. The van der Waals surface area contributed by atoms with Gasteiger partial charge in [-0.2, -0.15) is 4.31 Å². The molecule has 0 saturated carbocycles. The molecule has 0 spiro atoms. The second-order valence-corrected chi connectivity index (χ2v) is 9.51. The van der Waals surface area contributed by atoms with Crippen molar-refractivity contribution in [3.63, 3.8) is 0 Å². The summed E-state index contributed by atoms with van der Waals surface area (Å²) in [5, 5.41) is 6.76. The Morgan fingerprint density at radius 3 is 2.59 bits per heavy atom. The lowest BCUT2D eigenvalue weighted by molar-refractivity contribution is 0.0389. The predicted octanol–water partition coefficient (Wildman–Crippen LogP) is 1.49. The first-order valence-electron chi connectivity index (χ1n) is 10.0. The van der Waals surface area contributed by atoms with Gasteiger partial charge in [0, 0.05) is 45.3 Å². The van der Waals surface area contributed by atoms with Gasteiger partial charge in [0.05, 0.1) is 30.9 Å². The van der Waals surface area contributed by atoms with Crippen LogP contribution in [0.1, 0.15) is 19.3 Å². The van der Waals surface area contributed by atoms with Gasteiger partial charge in [0.25, 0.3) is 0 Å². The first-order chi connectivity index (χ1) is 14.0. The van der Waals surface area contributed by atoms with E-state index in [9.17, 15) is 8.42 Å². The van der Waals surface area contributed by atoms with Crippen LogP contribution < -0.4 is 15.4 Å². The number of morpholine rings is 1. The summed E-state index contributed by atoms with van der Waals surface area (Å²) in [4.78, 5) is 2.56. The maximum atomic E-state index is 12.9. The highest BCUT2D eigenvalue weighted by molar-refractivity contribution is 7.89. The molecule has 2 heterocycles. The van der Waals surface area contributed by atoms with E-state index in [1.165, 1.54) is 7.11 Å². The van der Waals surface area contributed by atoms with Crippen molar-refractivity contribution in [3.05, 3.63) is 18.2 Å². The van der Waals surface area contributed by atoms with Crippen LogP contribution in [0.3, 0.4) is 0 Å². The minimum atomic E-state index is -3.51. The molecular formula is C19H30N4O4S2. The molecule has 2 fully saturated rings.